The number of carbonyl (C=O) groups excluding carboxylic acids is 1. The lowest BCUT2D eigenvalue weighted by molar-refractivity contribution is 0.0992. The van der Waals surface area contributed by atoms with Crippen LogP contribution in [0.3, 0.4) is 0 Å². The van der Waals surface area contributed by atoms with E-state index in [2.05, 4.69) is 15.1 Å². The van der Waals surface area contributed by atoms with Gasteiger partial charge in [-0.25, -0.2) is 14.2 Å². The second-order valence-electron chi connectivity index (χ2n) is 10.8. The number of rotatable bonds is 8. The minimum Gasteiger partial charge on any atom is -0.336 e. The minimum absolute atomic E-state index is 0.133. The Balaban J connectivity index is 1.39. The van der Waals surface area contributed by atoms with Gasteiger partial charge in [0.15, 0.2) is 10.8 Å². The lowest BCUT2D eigenvalue weighted by Crippen LogP contribution is -2.30. The number of aryl methyl sites for hydroxylation is 1. The maximum absolute atomic E-state index is 14.8. The summed E-state index contributed by atoms with van der Waals surface area (Å²) in [6.07, 6.45) is 2.29. The number of hydrogen-bond acceptors (Lipinski definition) is 5. The molecule has 12 heteroatoms. The third-order valence-corrected chi connectivity index (χ3v) is 8.26. The summed E-state index contributed by atoms with van der Waals surface area (Å²) in [5, 5.41) is 4.26. The third-order valence-electron chi connectivity index (χ3n) is 7.99. The number of aromatic nitrogens is 6. The van der Waals surface area contributed by atoms with Crippen molar-refractivity contribution in [1.82, 2.24) is 29.3 Å². The Bertz CT molecular complexity index is 1940. The van der Waals surface area contributed by atoms with Gasteiger partial charge in [-0.15, -0.1) is 0 Å². The fourth-order valence-electron chi connectivity index (χ4n) is 5.23. The molecule has 1 aliphatic carbocycles. The van der Waals surface area contributed by atoms with Crippen LogP contribution in [0.25, 0.3) is 11.2 Å². The zero-order valence-corrected chi connectivity index (χ0v) is 24.1. The first-order valence-corrected chi connectivity index (χ1v) is 14.0. The molecule has 0 saturated heterocycles. The first-order valence-electron chi connectivity index (χ1n) is 13.7. The molecule has 1 amide bonds. The van der Waals surface area contributed by atoms with Crippen molar-refractivity contribution >= 4 is 34.4 Å². The summed E-state index contributed by atoms with van der Waals surface area (Å²) in [6.45, 7) is 2.25. The highest BCUT2D eigenvalue weighted by atomic mass is 35.5. The van der Waals surface area contributed by atoms with E-state index in [9.17, 15) is 18.8 Å². The number of amides is 1. The highest BCUT2D eigenvalue weighted by Crippen LogP contribution is 2.33. The van der Waals surface area contributed by atoms with Crippen LogP contribution in [0.5, 0.6) is 0 Å². The molecule has 0 radical (unpaired) electrons. The summed E-state index contributed by atoms with van der Waals surface area (Å²) in [5.41, 5.74) is 2.30. The average Bonchev–Trinajstić information content (AvgIpc) is 3.62. The van der Waals surface area contributed by atoms with Gasteiger partial charge < -0.3 is 9.88 Å². The molecule has 2 aromatic carbocycles. The van der Waals surface area contributed by atoms with E-state index < -0.39 is 17.2 Å². The van der Waals surface area contributed by atoms with Crippen LogP contribution in [-0.2, 0) is 20.0 Å². The standard InChI is InChI=1S/C30H29ClFN7O3/c1-16-23(25(31)36-38(16)3)29(41)37(2)20-12-10-18(11-13-20)21(14-19-6-4-5-7-22(19)32)26-33-24-27(34-26)39(15-17-8-9-17)30(42)35-28(24)40/h4-7,10-13,17,21H,8-9,14-15H2,1-3H3,(H,33,34)(H,35,40,42). The molecule has 216 valence electrons. The first-order chi connectivity index (χ1) is 20.1. The monoisotopic (exact) mass is 589 g/mol. The predicted octanol–water partition coefficient (Wildman–Crippen LogP) is 4.31. The van der Waals surface area contributed by atoms with Crippen molar-refractivity contribution in [3.63, 3.8) is 0 Å². The zero-order chi connectivity index (χ0) is 29.7. The normalized spacial score (nSPS) is 13.9. The molecule has 6 rings (SSSR count). The van der Waals surface area contributed by atoms with Crippen LogP contribution < -0.4 is 16.1 Å². The van der Waals surface area contributed by atoms with Gasteiger partial charge in [-0.2, -0.15) is 5.10 Å². The largest absolute Gasteiger partial charge is 0.336 e. The number of nitrogens with one attached hydrogen (secondary N) is 2. The number of hydrogen-bond donors (Lipinski definition) is 2. The van der Waals surface area contributed by atoms with Gasteiger partial charge in [0, 0.05) is 37.9 Å². The van der Waals surface area contributed by atoms with Crippen molar-refractivity contribution in [2.24, 2.45) is 13.0 Å². The van der Waals surface area contributed by atoms with Crippen molar-refractivity contribution in [3.05, 3.63) is 109 Å². The number of fused-ring (bicyclic) bond motifs is 1. The third kappa shape index (κ3) is 5.04. The van der Waals surface area contributed by atoms with Crippen molar-refractivity contribution in [2.45, 2.75) is 38.6 Å². The zero-order valence-electron chi connectivity index (χ0n) is 23.3. The molecule has 42 heavy (non-hydrogen) atoms. The van der Waals surface area contributed by atoms with Crippen LogP contribution in [0.2, 0.25) is 5.15 Å². The molecule has 1 aliphatic rings. The van der Waals surface area contributed by atoms with E-state index in [1.165, 1.54) is 15.5 Å². The highest BCUT2D eigenvalue weighted by molar-refractivity contribution is 6.33. The van der Waals surface area contributed by atoms with Crippen molar-refractivity contribution < 1.29 is 9.18 Å². The quantitative estimate of drug-likeness (QED) is 0.279. The van der Waals surface area contributed by atoms with Gasteiger partial charge in [-0.3, -0.25) is 23.8 Å². The first kappa shape index (κ1) is 27.6. The molecule has 5 aromatic rings. The second kappa shape index (κ2) is 10.7. The van der Waals surface area contributed by atoms with E-state index in [1.807, 2.05) is 12.1 Å². The Labute approximate surface area is 244 Å². The predicted molar refractivity (Wildman–Crippen MR) is 158 cm³/mol. The molecule has 1 saturated carbocycles. The molecule has 10 nitrogen and oxygen atoms in total. The molecule has 1 atom stereocenters. The maximum Gasteiger partial charge on any atom is 0.330 e. The summed E-state index contributed by atoms with van der Waals surface area (Å²) in [4.78, 5) is 50.4. The Hall–Kier alpha value is -4.51. The number of benzene rings is 2. The Kier molecular flexibility index (Phi) is 7.05. The maximum atomic E-state index is 14.8. The average molecular weight is 590 g/mol. The van der Waals surface area contributed by atoms with Crippen molar-refractivity contribution in [1.29, 1.82) is 0 Å². The van der Waals surface area contributed by atoms with Crippen LogP contribution >= 0.6 is 11.6 Å². The van der Waals surface area contributed by atoms with Crippen LogP contribution in [0.4, 0.5) is 10.1 Å². The van der Waals surface area contributed by atoms with Gasteiger partial charge >= 0.3 is 5.69 Å². The minimum atomic E-state index is -0.551. The number of carbonyl (C=O) groups is 1. The van der Waals surface area contributed by atoms with Crippen molar-refractivity contribution in [3.8, 4) is 0 Å². The Morgan fingerprint density at radius 3 is 2.50 bits per heavy atom. The van der Waals surface area contributed by atoms with Crippen LogP contribution in [0.1, 0.15) is 51.8 Å². The molecular formula is C30H29ClFN7O3. The SMILES string of the molecule is Cc1c(C(=O)N(C)c2ccc(C(Cc3ccccc3F)c3nc4c([nH]3)c(=O)[nH]c(=O)n4CC3CC3)cc2)c(Cl)nn1C. The van der Waals surface area contributed by atoms with Gasteiger partial charge in [0.1, 0.15) is 17.2 Å². The molecule has 3 aromatic heterocycles. The topological polar surface area (TPSA) is 122 Å². The molecule has 0 aliphatic heterocycles. The van der Waals surface area contributed by atoms with E-state index in [0.29, 0.717) is 40.8 Å². The number of imidazole rings is 1. The number of H-pyrrole nitrogens is 2. The molecule has 2 N–H and O–H groups in total. The summed E-state index contributed by atoms with van der Waals surface area (Å²) in [5.74, 6) is -0.324. The summed E-state index contributed by atoms with van der Waals surface area (Å²) >= 11 is 6.23. The highest BCUT2D eigenvalue weighted by Gasteiger charge is 2.27. The molecule has 1 unspecified atom stereocenters. The Morgan fingerprint density at radius 1 is 1.14 bits per heavy atom. The molecule has 3 heterocycles. The van der Waals surface area contributed by atoms with E-state index >= 15 is 0 Å². The molecule has 0 bridgehead atoms. The smallest absolute Gasteiger partial charge is 0.330 e. The van der Waals surface area contributed by atoms with Crippen molar-refractivity contribution in [2.75, 3.05) is 11.9 Å². The van der Waals surface area contributed by atoms with E-state index in [-0.39, 0.29) is 34.5 Å². The lowest BCUT2D eigenvalue weighted by Gasteiger charge is -2.20. The molecular weight excluding hydrogens is 561 g/mol. The number of aromatic amines is 2. The van der Waals surface area contributed by atoms with E-state index in [4.69, 9.17) is 16.6 Å². The van der Waals surface area contributed by atoms with Crippen LogP contribution in [-0.4, -0.2) is 42.3 Å². The number of halogens is 2. The van der Waals surface area contributed by atoms with Gasteiger partial charge in [0.05, 0.1) is 5.56 Å². The molecule has 0 spiro atoms. The second-order valence-corrected chi connectivity index (χ2v) is 11.2. The van der Waals surface area contributed by atoms with Crippen LogP contribution in [0.15, 0.2) is 58.1 Å². The number of anilines is 1. The summed E-state index contributed by atoms with van der Waals surface area (Å²) < 4.78 is 17.9. The Morgan fingerprint density at radius 2 is 1.86 bits per heavy atom. The van der Waals surface area contributed by atoms with Crippen LogP contribution in [0, 0.1) is 18.7 Å². The van der Waals surface area contributed by atoms with E-state index in [0.717, 1.165) is 18.4 Å². The fourth-order valence-corrected chi connectivity index (χ4v) is 5.57. The van der Waals surface area contributed by atoms with Gasteiger partial charge in [-0.1, -0.05) is 41.9 Å². The number of nitrogens with zero attached hydrogens (tertiary/aromatic N) is 5. The van der Waals surface area contributed by atoms with Gasteiger partial charge in [0.2, 0.25) is 0 Å². The summed E-state index contributed by atoms with van der Waals surface area (Å²) in [6, 6.07) is 13.8. The lowest BCUT2D eigenvalue weighted by atomic mass is 9.91. The van der Waals surface area contributed by atoms with Gasteiger partial charge in [-0.05, 0) is 61.4 Å². The fraction of sp³-hybridized carbons (Fsp3) is 0.300. The molecule has 1 fully saturated rings. The summed E-state index contributed by atoms with van der Waals surface area (Å²) in [7, 11) is 3.38. The van der Waals surface area contributed by atoms with Gasteiger partial charge in [0.25, 0.3) is 11.5 Å². The van der Waals surface area contributed by atoms with E-state index in [1.54, 1.807) is 56.0 Å².